The molecule has 0 radical (unpaired) electrons. The van der Waals surface area contributed by atoms with E-state index in [-0.39, 0.29) is 10.6 Å². The smallest absolute Gasteiger partial charge is 0.317 e. The highest BCUT2D eigenvalue weighted by molar-refractivity contribution is 7.92. The number of rotatable bonds is 8. The lowest BCUT2D eigenvalue weighted by Gasteiger charge is -2.24. The summed E-state index contributed by atoms with van der Waals surface area (Å²) >= 11 is 0. The van der Waals surface area contributed by atoms with Crippen molar-refractivity contribution in [2.75, 3.05) is 10.8 Å². The summed E-state index contributed by atoms with van der Waals surface area (Å²) in [4.78, 5) is 12.7. The Balaban J connectivity index is 1.61. The zero-order valence-electron chi connectivity index (χ0n) is 22.9. The van der Waals surface area contributed by atoms with Crippen molar-refractivity contribution in [2.24, 2.45) is 5.10 Å². The molecular weight excluding hydrogens is 553 g/mol. The van der Waals surface area contributed by atoms with Gasteiger partial charge in [-0.05, 0) is 75.2 Å². The molecule has 11 heteroatoms. The summed E-state index contributed by atoms with van der Waals surface area (Å²) in [6, 6.07) is 18.9. The Hall–Kier alpha value is -4.38. The minimum absolute atomic E-state index is 0.173. The van der Waals surface area contributed by atoms with Crippen LogP contribution in [0.1, 0.15) is 33.6 Å². The Morgan fingerprint density at radius 2 is 1.56 bits per heavy atom. The number of benzene rings is 3. The summed E-state index contributed by atoms with van der Waals surface area (Å²) in [7, 11) is -4.39. The van der Waals surface area contributed by atoms with Crippen LogP contribution in [-0.4, -0.2) is 31.7 Å². The van der Waals surface area contributed by atoms with E-state index in [0.717, 1.165) is 45.9 Å². The van der Waals surface area contributed by atoms with Gasteiger partial charge >= 0.3 is 6.18 Å². The number of carbonyl (C=O) groups is 1. The van der Waals surface area contributed by atoms with Crippen molar-refractivity contribution in [3.05, 3.63) is 113 Å². The van der Waals surface area contributed by atoms with Crippen LogP contribution in [0.15, 0.2) is 88.9 Å². The third-order valence-electron chi connectivity index (χ3n) is 6.61. The number of anilines is 1. The number of nitrogens with one attached hydrogen (secondary N) is 1. The number of halogens is 3. The molecule has 1 N–H and O–H groups in total. The second-order valence-corrected chi connectivity index (χ2v) is 11.4. The van der Waals surface area contributed by atoms with Gasteiger partial charge in [-0.2, -0.15) is 18.3 Å². The van der Waals surface area contributed by atoms with Crippen molar-refractivity contribution in [3.8, 4) is 5.69 Å². The number of aryl methyl sites for hydroxylation is 3. The molecule has 0 spiro atoms. The number of carbonyl (C=O) groups excluding carboxylic acids is 1. The summed E-state index contributed by atoms with van der Waals surface area (Å²) in [5, 5.41) is 4.01. The van der Waals surface area contributed by atoms with Gasteiger partial charge < -0.3 is 4.57 Å². The summed E-state index contributed by atoms with van der Waals surface area (Å²) in [6.45, 7) is 7.13. The molecule has 1 amide bonds. The maximum absolute atomic E-state index is 13.4. The van der Waals surface area contributed by atoms with Crippen LogP contribution in [0.4, 0.5) is 18.9 Å². The van der Waals surface area contributed by atoms with Crippen molar-refractivity contribution in [1.29, 1.82) is 0 Å². The van der Waals surface area contributed by atoms with E-state index >= 15 is 0 Å². The minimum Gasteiger partial charge on any atom is -0.317 e. The van der Waals surface area contributed by atoms with Crippen molar-refractivity contribution in [2.45, 2.75) is 38.8 Å². The van der Waals surface area contributed by atoms with E-state index in [0.29, 0.717) is 10.4 Å². The van der Waals surface area contributed by atoms with Crippen LogP contribution >= 0.6 is 0 Å². The van der Waals surface area contributed by atoms with E-state index in [1.165, 1.54) is 36.5 Å². The quantitative estimate of drug-likeness (QED) is 0.202. The molecule has 3 aromatic carbocycles. The van der Waals surface area contributed by atoms with Gasteiger partial charge in [0.15, 0.2) is 0 Å². The van der Waals surface area contributed by atoms with E-state index in [2.05, 4.69) is 15.1 Å². The third-order valence-corrected chi connectivity index (χ3v) is 8.39. The van der Waals surface area contributed by atoms with Crippen LogP contribution in [0.2, 0.25) is 0 Å². The summed E-state index contributed by atoms with van der Waals surface area (Å²) < 4.78 is 69.7. The zero-order chi connectivity index (χ0) is 29.9. The average molecular weight is 583 g/mol. The fraction of sp³-hybridized carbons (Fsp3) is 0.200. The molecule has 4 aromatic rings. The van der Waals surface area contributed by atoms with E-state index in [1.807, 2.05) is 52.0 Å². The number of hydrazone groups is 1. The van der Waals surface area contributed by atoms with Crippen LogP contribution in [0, 0.1) is 27.7 Å². The number of aromatic nitrogens is 1. The molecule has 0 unspecified atom stereocenters. The van der Waals surface area contributed by atoms with Gasteiger partial charge in [-0.1, -0.05) is 42.5 Å². The highest BCUT2D eigenvalue weighted by atomic mass is 32.2. The molecule has 0 aliphatic rings. The zero-order valence-corrected chi connectivity index (χ0v) is 23.7. The maximum Gasteiger partial charge on any atom is 0.416 e. The number of para-hydroxylation sites is 1. The predicted molar refractivity (Wildman–Crippen MR) is 153 cm³/mol. The van der Waals surface area contributed by atoms with Gasteiger partial charge in [-0.15, -0.1) is 0 Å². The summed E-state index contributed by atoms with van der Waals surface area (Å²) in [6.07, 6.45) is -3.25. The van der Waals surface area contributed by atoms with Gasteiger partial charge in [0.2, 0.25) is 0 Å². The molecule has 0 atom stereocenters. The Kier molecular flexibility index (Phi) is 8.39. The predicted octanol–water partition coefficient (Wildman–Crippen LogP) is 6.08. The fourth-order valence-corrected chi connectivity index (χ4v) is 6.07. The standard InChI is InChI=1S/C30H29F3N4O3S/c1-20-10-8-11-21(2)29(20)37-22(3)16-24(23(37)4)18-34-35-28(38)19-36(41(39,40)27-14-6-5-7-15-27)26-13-9-12-25(17-26)30(31,32)33/h5-18H,19H2,1-4H3,(H,35,38)/b34-18-. The van der Waals surface area contributed by atoms with Crippen LogP contribution in [0.25, 0.3) is 5.69 Å². The molecule has 41 heavy (non-hydrogen) atoms. The lowest BCUT2D eigenvalue weighted by Crippen LogP contribution is -2.39. The van der Waals surface area contributed by atoms with Gasteiger partial charge in [0.05, 0.1) is 28.0 Å². The first-order valence-electron chi connectivity index (χ1n) is 12.6. The molecule has 0 aliphatic heterocycles. The van der Waals surface area contributed by atoms with E-state index in [4.69, 9.17) is 0 Å². The van der Waals surface area contributed by atoms with Gasteiger partial charge in [0.25, 0.3) is 15.9 Å². The Bertz CT molecular complexity index is 1690. The first kappa shape index (κ1) is 29.6. The van der Waals surface area contributed by atoms with Crippen molar-refractivity contribution < 1.29 is 26.4 Å². The lowest BCUT2D eigenvalue weighted by molar-refractivity contribution is -0.137. The number of alkyl halides is 3. The summed E-state index contributed by atoms with van der Waals surface area (Å²) in [5.41, 5.74) is 6.78. The number of amides is 1. The van der Waals surface area contributed by atoms with Crippen molar-refractivity contribution in [1.82, 2.24) is 9.99 Å². The van der Waals surface area contributed by atoms with Gasteiger partial charge in [-0.3, -0.25) is 9.10 Å². The molecule has 214 valence electrons. The Labute approximate surface area is 237 Å². The molecule has 0 saturated heterocycles. The highest BCUT2D eigenvalue weighted by Gasteiger charge is 2.33. The number of hydrogen-bond donors (Lipinski definition) is 1. The van der Waals surface area contributed by atoms with Crippen LogP contribution in [0.5, 0.6) is 0 Å². The van der Waals surface area contributed by atoms with Crippen LogP contribution in [-0.2, 0) is 21.0 Å². The molecule has 0 saturated carbocycles. The molecule has 0 aliphatic carbocycles. The molecule has 1 aromatic heterocycles. The molecule has 0 bridgehead atoms. The molecule has 4 rings (SSSR count). The monoisotopic (exact) mass is 582 g/mol. The van der Waals surface area contributed by atoms with Crippen LogP contribution in [0.3, 0.4) is 0 Å². The number of sulfonamides is 1. The van der Waals surface area contributed by atoms with Crippen molar-refractivity contribution in [3.63, 3.8) is 0 Å². The summed E-state index contributed by atoms with van der Waals surface area (Å²) in [5.74, 6) is -0.832. The SMILES string of the molecule is Cc1cccc(C)c1-n1c(C)cc(/C=N\NC(=O)CN(c2cccc(C(F)(F)F)c2)S(=O)(=O)c2ccccc2)c1C. The fourth-order valence-electron chi connectivity index (χ4n) is 4.63. The normalized spacial score (nSPS) is 12.1. The Morgan fingerprint density at radius 3 is 2.20 bits per heavy atom. The van der Waals surface area contributed by atoms with Gasteiger partial charge in [0, 0.05) is 17.0 Å². The van der Waals surface area contributed by atoms with E-state index < -0.39 is 34.2 Å². The topological polar surface area (TPSA) is 83.8 Å². The minimum atomic E-state index is -4.70. The molecular formula is C30H29F3N4O3S. The second kappa shape index (κ2) is 11.6. The van der Waals surface area contributed by atoms with Gasteiger partial charge in [0.1, 0.15) is 6.54 Å². The van der Waals surface area contributed by atoms with Gasteiger partial charge in [-0.25, -0.2) is 13.8 Å². The molecule has 1 heterocycles. The molecule has 0 fully saturated rings. The number of nitrogens with zero attached hydrogens (tertiary/aromatic N) is 3. The third kappa shape index (κ3) is 6.35. The Morgan fingerprint density at radius 1 is 0.927 bits per heavy atom. The first-order valence-corrected chi connectivity index (χ1v) is 14.1. The number of hydrogen-bond acceptors (Lipinski definition) is 4. The largest absolute Gasteiger partial charge is 0.416 e. The second-order valence-electron chi connectivity index (χ2n) is 9.57. The average Bonchev–Trinajstić information content (AvgIpc) is 3.19. The van der Waals surface area contributed by atoms with E-state index in [1.54, 1.807) is 6.07 Å². The molecule has 7 nitrogen and oxygen atoms in total. The lowest BCUT2D eigenvalue weighted by atomic mass is 10.1. The first-order chi connectivity index (χ1) is 19.3. The highest BCUT2D eigenvalue weighted by Crippen LogP contribution is 2.33. The van der Waals surface area contributed by atoms with Crippen molar-refractivity contribution >= 4 is 27.8 Å². The van der Waals surface area contributed by atoms with E-state index in [9.17, 15) is 26.4 Å². The van der Waals surface area contributed by atoms with Crippen LogP contribution < -0.4 is 9.73 Å². The maximum atomic E-state index is 13.4.